The topological polar surface area (TPSA) is 49.8 Å². The molecule has 0 aliphatic carbocycles. The number of hydrogen-bond donors (Lipinski definition) is 1. The quantitative estimate of drug-likeness (QED) is 0.917. The van der Waals surface area contributed by atoms with E-state index in [1.165, 1.54) is 0 Å². The first-order chi connectivity index (χ1) is 8.61. The molecule has 4 nitrogen and oxygen atoms in total. The van der Waals surface area contributed by atoms with E-state index in [1.807, 2.05) is 18.2 Å². The molecule has 1 aliphatic rings. The number of ether oxygens (including phenoxy) is 1. The van der Waals surface area contributed by atoms with Gasteiger partial charge in [-0.15, -0.1) is 0 Å². The molecule has 0 aromatic heterocycles. The van der Waals surface area contributed by atoms with E-state index in [1.54, 1.807) is 7.11 Å². The number of piperidine rings is 1. The molecular weight excluding hydrogens is 254 g/mol. The summed E-state index contributed by atoms with van der Waals surface area (Å²) < 4.78 is 5.11. The number of nitrogens with zero attached hydrogens (tertiary/aromatic N) is 1. The van der Waals surface area contributed by atoms with E-state index in [-0.39, 0.29) is 5.92 Å². The van der Waals surface area contributed by atoms with Crippen LogP contribution in [0.5, 0.6) is 5.75 Å². The van der Waals surface area contributed by atoms with Crippen LogP contribution in [-0.4, -0.2) is 31.3 Å². The van der Waals surface area contributed by atoms with Gasteiger partial charge in [0.25, 0.3) is 0 Å². The van der Waals surface area contributed by atoms with Crippen molar-refractivity contribution in [3.8, 4) is 5.75 Å². The van der Waals surface area contributed by atoms with Gasteiger partial charge in [-0.2, -0.15) is 0 Å². The minimum Gasteiger partial charge on any atom is -0.495 e. The highest BCUT2D eigenvalue weighted by atomic mass is 35.5. The number of carbonyl (C=O) groups is 1. The Balaban J connectivity index is 2.05. The summed E-state index contributed by atoms with van der Waals surface area (Å²) in [7, 11) is 1.58. The molecule has 1 aliphatic heterocycles. The van der Waals surface area contributed by atoms with Crippen LogP contribution in [0.1, 0.15) is 12.8 Å². The van der Waals surface area contributed by atoms with Crippen LogP contribution in [0.3, 0.4) is 0 Å². The second kappa shape index (κ2) is 5.48. The summed E-state index contributed by atoms with van der Waals surface area (Å²) in [5, 5.41) is 9.53. The summed E-state index contributed by atoms with van der Waals surface area (Å²) in [5.41, 5.74) is 1.02. The normalized spacial score (nSPS) is 16.7. The largest absolute Gasteiger partial charge is 0.495 e. The van der Waals surface area contributed by atoms with Crippen molar-refractivity contribution in [3.63, 3.8) is 0 Å². The van der Waals surface area contributed by atoms with Gasteiger partial charge >= 0.3 is 5.97 Å². The lowest BCUT2D eigenvalue weighted by molar-refractivity contribution is -0.142. The van der Waals surface area contributed by atoms with Crippen molar-refractivity contribution in [2.75, 3.05) is 25.1 Å². The first-order valence-corrected chi connectivity index (χ1v) is 6.31. The van der Waals surface area contributed by atoms with Gasteiger partial charge in [0.1, 0.15) is 5.75 Å². The molecule has 5 heteroatoms. The number of methoxy groups -OCH3 is 1. The fourth-order valence-corrected chi connectivity index (χ4v) is 2.49. The zero-order chi connectivity index (χ0) is 13.1. The van der Waals surface area contributed by atoms with Crippen LogP contribution >= 0.6 is 11.6 Å². The van der Waals surface area contributed by atoms with Gasteiger partial charge in [-0.3, -0.25) is 4.79 Å². The number of hydrogen-bond acceptors (Lipinski definition) is 3. The zero-order valence-corrected chi connectivity index (χ0v) is 11.0. The number of carboxylic acid groups (broad SMARTS) is 1. The molecule has 0 saturated carbocycles. The summed E-state index contributed by atoms with van der Waals surface area (Å²) in [4.78, 5) is 13.0. The van der Waals surface area contributed by atoms with Gasteiger partial charge in [0.15, 0.2) is 0 Å². The van der Waals surface area contributed by atoms with E-state index in [0.29, 0.717) is 23.6 Å². The maximum Gasteiger partial charge on any atom is 0.306 e. The molecule has 2 rings (SSSR count). The predicted molar refractivity (Wildman–Crippen MR) is 70.6 cm³/mol. The van der Waals surface area contributed by atoms with E-state index < -0.39 is 5.97 Å². The van der Waals surface area contributed by atoms with Crippen molar-refractivity contribution < 1.29 is 14.6 Å². The van der Waals surface area contributed by atoms with Crippen LogP contribution in [0.25, 0.3) is 0 Å². The van der Waals surface area contributed by atoms with E-state index in [4.69, 9.17) is 21.4 Å². The Kier molecular flexibility index (Phi) is 3.97. The second-order valence-corrected chi connectivity index (χ2v) is 4.83. The molecule has 1 heterocycles. The van der Waals surface area contributed by atoms with Crippen LogP contribution < -0.4 is 9.64 Å². The van der Waals surface area contributed by atoms with Crippen LogP contribution in [0.4, 0.5) is 5.69 Å². The number of benzene rings is 1. The van der Waals surface area contributed by atoms with Crippen molar-refractivity contribution in [3.05, 3.63) is 23.2 Å². The highest BCUT2D eigenvalue weighted by Gasteiger charge is 2.24. The highest BCUT2D eigenvalue weighted by molar-refractivity contribution is 6.32. The lowest BCUT2D eigenvalue weighted by Crippen LogP contribution is -2.36. The number of halogens is 1. The molecule has 0 amide bonds. The van der Waals surface area contributed by atoms with E-state index in [2.05, 4.69) is 4.90 Å². The third kappa shape index (κ3) is 2.70. The average Bonchev–Trinajstić information content (AvgIpc) is 2.38. The maximum absolute atomic E-state index is 10.9. The van der Waals surface area contributed by atoms with Crippen LogP contribution in [0, 0.1) is 5.92 Å². The third-order valence-corrected chi connectivity index (χ3v) is 3.64. The number of carboxylic acids is 1. The smallest absolute Gasteiger partial charge is 0.306 e. The number of aliphatic carboxylic acids is 1. The fourth-order valence-electron chi connectivity index (χ4n) is 2.24. The summed E-state index contributed by atoms with van der Waals surface area (Å²) in [5.74, 6) is -0.252. The maximum atomic E-state index is 10.9. The molecule has 18 heavy (non-hydrogen) atoms. The Hall–Kier alpha value is -1.42. The molecule has 0 bridgehead atoms. The molecule has 0 atom stereocenters. The fraction of sp³-hybridized carbons (Fsp3) is 0.462. The zero-order valence-electron chi connectivity index (χ0n) is 10.2. The highest BCUT2D eigenvalue weighted by Crippen LogP contribution is 2.31. The lowest BCUT2D eigenvalue weighted by Gasteiger charge is -2.32. The van der Waals surface area contributed by atoms with Gasteiger partial charge < -0.3 is 14.7 Å². The SMILES string of the molecule is COc1ccc(N2CCC(C(=O)O)CC2)cc1Cl. The summed E-state index contributed by atoms with van der Waals surface area (Å²) in [6, 6.07) is 5.65. The molecule has 1 aromatic rings. The molecule has 0 unspecified atom stereocenters. The monoisotopic (exact) mass is 269 g/mol. The first-order valence-electron chi connectivity index (χ1n) is 5.93. The van der Waals surface area contributed by atoms with Crippen LogP contribution in [0.15, 0.2) is 18.2 Å². The average molecular weight is 270 g/mol. The van der Waals surface area contributed by atoms with E-state index in [0.717, 1.165) is 18.8 Å². The predicted octanol–water partition coefficient (Wildman–Crippen LogP) is 2.65. The first kappa shape index (κ1) is 13.0. The van der Waals surface area contributed by atoms with E-state index in [9.17, 15) is 4.79 Å². The number of rotatable bonds is 3. The summed E-state index contributed by atoms with van der Waals surface area (Å²) >= 11 is 6.08. The van der Waals surface area contributed by atoms with E-state index >= 15 is 0 Å². The Morgan fingerprint density at radius 3 is 2.61 bits per heavy atom. The third-order valence-electron chi connectivity index (χ3n) is 3.34. The molecule has 1 N–H and O–H groups in total. The molecule has 0 spiro atoms. The van der Waals surface area contributed by atoms with Crippen molar-refractivity contribution in [1.29, 1.82) is 0 Å². The molecule has 1 aromatic carbocycles. The molecule has 1 saturated heterocycles. The van der Waals surface area contributed by atoms with Gasteiger partial charge in [-0.25, -0.2) is 0 Å². The number of anilines is 1. The van der Waals surface area contributed by atoms with Crippen molar-refractivity contribution in [1.82, 2.24) is 0 Å². The van der Waals surface area contributed by atoms with Crippen molar-refractivity contribution >= 4 is 23.3 Å². The van der Waals surface area contributed by atoms with Gasteiger partial charge in [0, 0.05) is 18.8 Å². The Labute approximate surface area is 111 Å². The van der Waals surface area contributed by atoms with Gasteiger partial charge in [-0.05, 0) is 31.0 Å². The van der Waals surface area contributed by atoms with Crippen LogP contribution in [-0.2, 0) is 4.79 Å². The Morgan fingerprint density at radius 1 is 1.44 bits per heavy atom. The van der Waals surface area contributed by atoms with Crippen molar-refractivity contribution in [2.45, 2.75) is 12.8 Å². The molecule has 1 fully saturated rings. The summed E-state index contributed by atoms with van der Waals surface area (Å²) in [6.45, 7) is 1.50. The minimum absolute atomic E-state index is 0.213. The Bertz CT molecular complexity index is 442. The minimum atomic E-state index is -0.692. The molecular formula is C13H16ClNO3. The van der Waals surface area contributed by atoms with Gasteiger partial charge in [0.05, 0.1) is 18.1 Å². The summed E-state index contributed by atoms with van der Waals surface area (Å²) in [6.07, 6.45) is 1.36. The van der Waals surface area contributed by atoms with Crippen LogP contribution in [0.2, 0.25) is 5.02 Å². The standard InChI is InChI=1S/C13H16ClNO3/c1-18-12-3-2-10(8-11(12)14)15-6-4-9(5-7-15)13(16)17/h2-3,8-9H,4-7H2,1H3,(H,16,17). The van der Waals surface area contributed by atoms with Crippen molar-refractivity contribution in [2.24, 2.45) is 5.92 Å². The Morgan fingerprint density at radius 2 is 2.11 bits per heavy atom. The lowest BCUT2D eigenvalue weighted by atomic mass is 9.97. The molecule has 0 radical (unpaired) electrons. The molecule has 98 valence electrons. The van der Waals surface area contributed by atoms with Gasteiger partial charge in [0.2, 0.25) is 0 Å². The van der Waals surface area contributed by atoms with Gasteiger partial charge in [-0.1, -0.05) is 11.6 Å². The second-order valence-electron chi connectivity index (χ2n) is 4.42.